The van der Waals surface area contributed by atoms with E-state index in [0.717, 1.165) is 0 Å². The molecule has 1 saturated heterocycles. The summed E-state index contributed by atoms with van der Waals surface area (Å²) in [7, 11) is 0. The number of anilines is 2. The SMILES string of the molecule is N#Cc1cnc2ccc(F)cc2c1N1CCC(C(=O)Nc2ccc(Cl)cc2)CC1. The fraction of sp³-hybridized carbons (Fsp3) is 0.227. The Kier molecular flexibility index (Phi) is 5.32. The van der Waals surface area contributed by atoms with E-state index >= 15 is 0 Å². The van der Waals surface area contributed by atoms with Gasteiger partial charge in [-0.15, -0.1) is 0 Å². The number of pyridine rings is 1. The molecule has 0 radical (unpaired) electrons. The molecule has 1 aliphatic heterocycles. The van der Waals surface area contributed by atoms with E-state index in [4.69, 9.17) is 11.6 Å². The van der Waals surface area contributed by atoms with E-state index in [-0.39, 0.29) is 17.6 Å². The van der Waals surface area contributed by atoms with Crippen molar-refractivity contribution in [1.29, 1.82) is 5.26 Å². The zero-order valence-electron chi connectivity index (χ0n) is 15.5. The predicted octanol–water partition coefficient (Wildman–Crippen LogP) is 4.75. The largest absolute Gasteiger partial charge is 0.370 e. The van der Waals surface area contributed by atoms with Crippen molar-refractivity contribution >= 4 is 39.8 Å². The molecule has 29 heavy (non-hydrogen) atoms. The van der Waals surface area contributed by atoms with Crippen molar-refractivity contribution in [3.05, 3.63) is 65.1 Å². The quantitative estimate of drug-likeness (QED) is 0.678. The number of hydrogen-bond donors (Lipinski definition) is 1. The smallest absolute Gasteiger partial charge is 0.227 e. The highest BCUT2D eigenvalue weighted by Crippen LogP contribution is 2.33. The van der Waals surface area contributed by atoms with Crippen molar-refractivity contribution in [2.24, 2.45) is 5.92 Å². The minimum atomic E-state index is -0.368. The lowest BCUT2D eigenvalue weighted by molar-refractivity contribution is -0.120. The Balaban J connectivity index is 1.51. The van der Waals surface area contributed by atoms with Gasteiger partial charge in [-0.05, 0) is 55.3 Å². The van der Waals surface area contributed by atoms with E-state index in [1.165, 1.54) is 18.3 Å². The summed E-state index contributed by atoms with van der Waals surface area (Å²) in [5.74, 6) is -0.525. The molecule has 0 spiro atoms. The Bertz CT molecular complexity index is 1100. The number of fused-ring (bicyclic) bond motifs is 1. The van der Waals surface area contributed by atoms with Gasteiger partial charge in [-0.1, -0.05) is 11.6 Å². The van der Waals surface area contributed by atoms with Crippen molar-refractivity contribution in [3.8, 4) is 6.07 Å². The van der Waals surface area contributed by atoms with E-state index in [1.807, 2.05) is 4.90 Å². The van der Waals surface area contributed by atoms with Gasteiger partial charge in [0.25, 0.3) is 0 Å². The maximum atomic E-state index is 13.8. The van der Waals surface area contributed by atoms with Gasteiger partial charge in [-0.25, -0.2) is 4.39 Å². The van der Waals surface area contributed by atoms with E-state index < -0.39 is 0 Å². The Labute approximate surface area is 172 Å². The van der Waals surface area contributed by atoms with Gasteiger partial charge in [-0.2, -0.15) is 5.26 Å². The molecule has 1 fully saturated rings. The molecule has 0 atom stereocenters. The monoisotopic (exact) mass is 408 g/mol. The van der Waals surface area contributed by atoms with Gasteiger partial charge < -0.3 is 10.2 Å². The van der Waals surface area contributed by atoms with Crippen molar-refractivity contribution < 1.29 is 9.18 Å². The Morgan fingerprint density at radius 1 is 1.21 bits per heavy atom. The summed E-state index contributed by atoms with van der Waals surface area (Å²) >= 11 is 5.88. The summed E-state index contributed by atoms with van der Waals surface area (Å²) in [5, 5.41) is 13.7. The number of amides is 1. The maximum absolute atomic E-state index is 13.8. The molecule has 2 heterocycles. The highest BCUT2D eigenvalue weighted by molar-refractivity contribution is 6.30. The standard InChI is InChI=1S/C22H18ClFN4O/c23-16-1-4-18(5-2-16)27-22(29)14-7-9-28(10-8-14)21-15(12-25)13-26-20-6-3-17(24)11-19(20)21/h1-6,11,13-14H,7-10H2,(H,27,29). The number of nitrogens with zero attached hydrogens (tertiary/aromatic N) is 3. The lowest BCUT2D eigenvalue weighted by Crippen LogP contribution is -2.38. The van der Waals surface area contributed by atoms with Crippen LogP contribution in [0.25, 0.3) is 10.9 Å². The molecule has 0 saturated carbocycles. The highest BCUT2D eigenvalue weighted by Gasteiger charge is 2.27. The van der Waals surface area contributed by atoms with Crippen LogP contribution in [0.15, 0.2) is 48.7 Å². The topological polar surface area (TPSA) is 69.0 Å². The van der Waals surface area contributed by atoms with Crippen LogP contribution >= 0.6 is 11.6 Å². The lowest BCUT2D eigenvalue weighted by atomic mass is 9.94. The number of nitrogens with one attached hydrogen (secondary N) is 1. The molecule has 3 aromatic rings. The number of rotatable bonds is 3. The van der Waals surface area contributed by atoms with E-state index in [2.05, 4.69) is 16.4 Å². The van der Waals surface area contributed by atoms with E-state index in [0.29, 0.717) is 58.8 Å². The molecule has 1 N–H and O–H groups in total. The van der Waals surface area contributed by atoms with Gasteiger partial charge in [0, 0.05) is 41.3 Å². The van der Waals surface area contributed by atoms with Gasteiger partial charge in [0.05, 0.1) is 16.8 Å². The lowest BCUT2D eigenvalue weighted by Gasteiger charge is -2.34. The Morgan fingerprint density at radius 2 is 1.93 bits per heavy atom. The average Bonchev–Trinajstić information content (AvgIpc) is 2.74. The molecular formula is C22H18ClFN4O. The first-order valence-corrected chi connectivity index (χ1v) is 9.72. The fourth-order valence-corrected chi connectivity index (χ4v) is 3.84. The van der Waals surface area contributed by atoms with Crippen LogP contribution in [0, 0.1) is 23.1 Å². The number of carbonyl (C=O) groups excluding carboxylic acids is 1. The van der Waals surface area contributed by atoms with Gasteiger partial charge >= 0.3 is 0 Å². The second-order valence-electron chi connectivity index (χ2n) is 7.05. The van der Waals surface area contributed by atoms with Gasteiger partial charge in [0.15, 0.2) is 0 Å². The zero-order chi connectivity index (χ0) is 20.4. The van der Waals surface area contributed by atoms with E-state index in [9.17, 15) is 14.4 Å². The number of hydrogen-bond acceptors (Lipinski definition) is 4. The van der Waals surface area contributed by atoms with Crippen molar-refractivity contribution in [1.82, 2.24) is 4.98 Å². The first kappa shape index (κ1) is 19.2. The van der Waals surface area contributed by atoms with Gasteiger partial charge in [-0.3, -0.25) is 9.78 Å². The number of piperidine rings is 1. The third-order valence-corrected chi connectivity index (χ3v) is 5.47. The normalized spacial score (nSPS) is 14.6. The van der Waals surface area contributed by atoms with Crippen LogP contribution < -0.4 is 10.2 Å². The second-order valence-corrected chi connectivity index (χ2v) is 7.49. The third-order valence-electron chi connectivity index (χ3n) is 5.22. The molecule has 2 aromatic carbocycles. The molecule has 146 valence electrons. The minimum absolute atomic E-state index is 0.0295. The van der Waals surface area contributed by atoms with Crippen LogP contribution in [-0.2, 0) is 4.79 Å². The summed E-state index contributed by atoms with van der Waals surface area (Å²) < 4.78 is 13.8. The number of benzene rings is 2. The highest BCUT2D eigenvalue weighted by atomic mass is 35.5. The fourth-order valence-electron chi connectivity index (χ4n) is 3.72. The van der Waals surface area contributed by atoms with Crippen LogP contribution in [0.3, 0.4) is 0 Å². The second kappa shape index (κ2) is 8.06. The molecule has 1 amide bonds. The molecule has 7 heteroatoms. The summed E-state index contributed by atoms with van der Waals surface area (Å²) in [6.45, 7) is 1.20. The van der Waals surface area contributed by atoms with Crippen molar-refractivity contribution in [3.63, 3.8) is 0 Å². The Hall–Kier alpha value is -3.17. The maximum Gasteiger partial charge on any atom is 0.227 e. The van der Waals surface area contributed by atoms with Crippen LogP contribution in [-0.4, -0.2) is 24.0 Å². The molecule has 1 aromatic heterocycles. The summed E-state index contributed by atoms with van der Waals surface area (Å²) in [6.07, 6.45) is 2.81. The first-order valence-electron chi connectivity index (χ1n) is 9.35. The first-order chi connectivity index (χ1) is 14.0. The summed E-state index contributed by atoms with van der Waals surface area (Å²) in [6, 6.07) is 13.6. The average molecular weight is 409 g/mol. The molecule has 0 aliphatic carbocycles. The number of halogens is 2. The zero-order valence-corrected chi connectivity index (χ0v) is 16.3. The number of aromatic nitrogens is 1. The Morgan fingerprint density at radius 3 is 2.62 bits per heavy atom. The van der Waals surface area contributed by atoms with Crippen LogP contribution in [0.4, 0.5) is 15.8 Å². The molecule has 5 nitrogen and oxygen atoms in total. The number of carbonyl (C=O) groups is 1. The summed E-state index contributed by atoms with van der Waals surface area (Å²) in [4.78, 5) is 18.9. The number of nitriles is 1. The third kappa shape index (κ3) is 4.01. The molecule has 4 rings (SSSR count). The van der Waals surface area contributed by atoms with Crippen LogP contribution in [0.1, 0.15) is 18.4 Å². The van der Waals surface area contributed by atoms with Crippen molar-refractivity contribution in [2.45, 2.75) is 12.8 Å². The van der Waals surface area contributed by atoms with Crippen LogP contribution in [0.2, 0.25) is 5.02 Å². The molecule has 0 bridgehead atoms. The predicted molar refractivity (Wildman–Crippen MR) is 111 cm³/mol. The minimum Gasteiger partial charge on any atom is -0.370 e. The van der Waals surface area contributed by atoms with Gasteiger partial charge in [0.1, 0.15) is 11.9 Å². The molecule has 0 unspecified atom stereocenters. The summed E-state index contributed by atoms with van der Waals surface area (Å²) in [5.41, 5.74) is 2.45. The van der Waals surface area contributed by atoms with Crippen LogP contribution in [0.5, 0.6) is 0 Å². The van der Waals surface area contributed by atoms with Gasteiger partial charge in [0.2, 0.25) is 5.91 Å². The van der Waals surface area contributed by atoms with E-state index in [1.54, 1.807) is 30.3 Å². The van der Waals surface area contributed by atoms with Crippen molar-refractivity contribution in [2.75, 3.05) is 23.3 Å². The molecular weight excluding hydrogens is 391 g/mol. The molecule has 1 aliphatic rings.